The van der Waals surface area contributed by atoms with Gasteiger partial charge in [0.2, 0.25) is 21.8 Å². The third kappa shape index (κ3) is 5.07. The number of benzene rings is 2. The summed E-state index contributed by atoms with van der Waals surface area (Å²) in [6, 6.07) is 15.2. The Bertz CT molecular complexity index is 1220. The van der Waals surface area contributed by atoms with Crippen LogP contribution in [-0.2, 0) is 34.4 Å². The van der Waals surface area contributed by atoms with Crippen molar-refractivity contribution < 1.29 is 22.3 Å². The van der Waals surface area contributed by atoms with Gasteiger partial charge in [0.1, 0.15) is 17.3 Å². The van der Waals surface area contributed by atoms with Crippen LogP contribution in [0.25, 0.3) is 0 Å². The number of sulfonamides is 1. The maximum Gasteiger partial charge on any atom is 0.243 e. The maximum atomic E-state index is 14.5. The summed E-state index contributed by atoms with van der Waals surface area (Å²) in [5, 5.41) is 2.55. The molecule has 1 aromatic heterocycles. The predicted octanol–water partition coefficient (Wildman–Crippen LogP) is 3.16. The Labute approximate surface area is 179 Å². The highest BCUT2D eigenvalue weighted by molar-refractivity contribution is 7.89. The smallest absolute Gasteiger partial charge is 0.243 e. The van der Waals surface area contributed by atoms with E-state index in [0.717, 1.165) is 11.6 Å². The Morgan fingerprint density at radius 2 is 1.87 bits per heavy atom. The van der Waals surface area contributed by atoms with E-state index in [1.165, 1.54) is 12.3 Å². The molecule has 4 rings (SSSR count). The number of aryl methyl sites for hydroxylation is 1. The van der Waals surface area contributed by atoms with Gasteiger partial charge in [0, 0.05) is 30.9 Å². The van der Waals surface area contributed by atoms with E-state index in [9.17, 15) is 17.6 Å². The van der Waals surface area contributed by atoms with E-state index in [-0.39, 0.29) is 18.9 Å². The van der Waals surface area contributed by atoms with Crippen molar-refractivity contribution in [2.45, 2.75) is 30.9 Å². The topological polar surface area (TPSA) is 97.4 Å². The van der Waals surface area contributed by atoms with Crippen LogP contribution in [0.3, 0.4) is 0 Å². The van der Waals surface area contributed by atoms with E-state index < -0.39 is 20.7 Å². The highest BCUT2D eigenvalue weighted by atomic mass is 32.2. The lowest BCUT2D eigenvalue weighted by Gasteiger charge is -2.18. The summed E-state index contributed by atoms with van der Waals surface area (Å²) in [5.74, 6) is -0.782. The Morgan fingerprint density at radius 3 is 2.68 bits per heavy atom. The number of halogens is 1. The molecule has 31 heavy (non-hydrogen) atoms. The Morgan fingerprint density at radius 1 is 1.06 bits per heavy atom. The largest absolute Gasteiger partial charge is 0.473 e. The molecule has 0 saturated carbocycles. The van der Waals surface area contributed by atoms with Crippen molar-refractivity contribution in [1.29, 1.82) is 0 Å². The zero-order valence-electron chi connectivity index (χ0n) is 16.5. The fourth-order valence-electron chi connectivity index (χ4n) is 3.21. The standard InChI is InChI=1S/C22H20FN3O4S/c23-18-12-19-17(6-7-21(27)26-19)11-20(18)31(28,29)25-13-16-8-9-24-22(10-16)30-14-15-4-2-1-3-5-15/h1-5,8-12,25H,6-7,13-14H2,(H,26,27). The van der Waals surface area contributed by atoms with E-state index in [4.69, 9.17) is 4.74 Å². The molecule has 160 valence electrons. The second-order valence-corrected chi connectivity index (χ2v) is 8.82. The Kier molecular flexibility index (Phi) is 5.97. The number of carbonyl (C=O) groups is 1. The Balaban J connectivity index is 1.44. The van der Waals surface area contributed by atoms with Crippen molar-refractivity contribution in [3.8, 4) is 5.88 Å². The average molecular weight is 441 g/mol. The van der Waals surface area contributed by atoms with Crippen LogP contribution in [0.5, 0.6) is 5.88 Å². The van der Waals surface area contributed by atoms with E-state index in [1.54, 1.807) is 12.1 Å². The Hall–Kier alpha value is -3.30. The zero-order valence-corrected chi connectivity index (χ0v) is 17.3. The number of fused-ring (bicyclic) bond motifs is 1. The van der Waals surface area contributed by atoms with E-state index in [0.29, 0.717) is 35.7 Å². The summed E-state index contributed by atoms with van der Waals surface area (Å²) < 4.78 is 47.9. The normalized spacial score (nSPS) is 13.4. The van der Waals surface area contributed by atoms with Crippen LogP contribution in [0.4, 0.5) is 10.1 Å². The number of hydrogen-bond acceptors (Lipinski definition) is 5. The molecule has 9 heteroatoms. The molecule has 0 atom stereocenters. The summed E-state index contributed by atoms with van der Waals surface area (Å²) in [6.45, 7) is 0.277. The summed E-state index contributed by atoms with van der Waals surface area (Å²) >= 11 is 0. The van der Waals surface area contributed by atoms with Gasteiger partial charge in [-0.25, -0.2) is 22.5 Å². The van der Waals surface area contributed by atoms with E-state index in [1.807, 2.05) is 30.3 Å². The molecule has 1 aliphatic rings. The summed E-state index contributed by atoms with van der Waals surface area (Å²) in [5.41, 5.74) is 2.49. The number of pyridine rings is 1. The minimum absolute atomic E-state index is 0.0557. The molecule has 3 aromatic rings. The highest BCUT2D eigenvalue weighted by Gasteiger charge is 2.24. The fraction of sp³-hybridized carbons (Fsp3) is 0.182. The van der Waals surface area contributed by atoms with Gasteiger partial charge in [-0.15, -0.1) is 0 Å². The molecule has 0 unspecified atom stereocenters. The molecule has 0 bridgehead atoms. The molecule has 0 radical (unpaired) electrons. The molecule has 0 saturated heterocycles. The number of nitrogens with zero attached hydrogens (tertiary/aromatic N) is 1. The predicted molar refractivity (Wildman–Crippen MR) is 112 cm³/mol. The van der Waals surface area contributed by atoms with Crippen molar-refractivity contribution in [3.63, 3.8) is 0 Å². The molecule has 1 aliphatic heterocycles. The van der Waals surface area contributed by atoms with Crippen LogP contribution >= 0.6 is 0 Å². The third-order valence-electron chi connectivity index (χ3n) is 4.84. The van der Waals surface area contributed by atoms with Gasteiger partial charge in [-0.05, 0) is 41.3 Å². The molecule has 2 heterocycles. The van der Waals surface area contributed by atoms with Crippen molar-refractivity contribution in [2.75, 3.05) is 5.32 Å². The monoisotopic (exact) mass is 441 g/mol. The average Bonchev–Trinajstić information content (AvgIpc) is 2.77. The van der Waals surface area contributed by atoms with Crippen molar-refractivity contribution >= 4 is 21.6 Å². The molecule has 0 fully saturated rings. The quantitative estimate of drug-likeness (QED) is 0.587. The van der Waals surface area contributed by atoms with Gasteiger partial charge in [-0.2, -0.15) is 0 Å². The first-order valence-corrected chi connectivity index (χ1v) is 11.1. The molecule has 0 aliphatic carbocycles. The van der Waals surface area contributed by atoms with Crippen LogP contribution in [0.2, 0.25) is 0 Å². The van der Waals surface area contributed by atoms with Crippen molar-refractivity contribution in [3.05, 3.63) is 83.3 Å². The number of aromatic nitrogens is 1. The molecule has 1 amide bonds. The SMILES string of the molecule is O=C1CCc2cc(S(=O)(=O)NCc3ccnc(OCc4ccccc4)c3)c(F)cc2N1. The zero-order chi connectivity index (χ0) is 21.8. The van der Waals surface area contributed by atoms with Gasteiger partial charge in [-0.1, -0.05) is 30.3 Å². The van der Waals surface area contributed by atoms with E-state index >= 15 is 0 Å². The first kappa shape index (κ1) is 21.0. The molecule has 0 spiro atoms. The first-order chi connectivity index (χ1) is 14.9. The van der Waals surface area contributed by atoms with Gasteiger partial charge in [0.15, 0.2) is 0 Å². The number of nitrogens with one attached hydrogen (secondary N) is 2. The lowest BCUT2D eigenvalue weighted by molar-refractivity contribution is -0.116. The van der Waals surface area contributed by atoms with Crippen molar-refractivity contribution in [1.82, 2.24) is 9.71 Å². The van der Waals surface area contributed by atoms with Crippen LogP contribution < -0.4 is 14.8 Å². The fourth-order valence-corrected chi connectivity index (χ4v) is 4.34. The molecule has 7 nitrogen and oxygen atoms in total. The number of carbonyl (C=O) groups excluding carboxylic acids is 1. The lowest BCUT2D eigenvalue weighted by Crippen LogP contribution is -2.25. The lowest BCUT2D eigenvalue weighted by atomic mass is 10.0. The second-order valence-electron chi connectivity index (χ2n) is 7.09. The third-order valence-corrected chi connectivity index (χ3v) is 6.25. The van der Waals surface area contributed by atoms with Crippen LogP contribution in [-0.4, -0.2) is 19.3 Å². The number of hydrogen-bond donors (Lipinski definition) is 2. The summed E-state index contributed by atoms with van der Waals surface area (Å²) in [4.78, 5) is 15.1. The molecular formula is C22H20FN3O4S. The molecular weight excluding hydrogens is 421 g/mol. The first-order valence-electron chi connectivity index (χ1n) is 9.64. The van der Waals surface area contributed by atoms with Gasteiger partial charge in [-0.3, -0.25) is 4.79 Å². The number of anilines is 1. The van der Waals surface area contributed by atoms with Crippen LogP contribution in [0.1, 0.15) is 23.1 Å². The highest BCUT2D eigenvalue weighted by Crippen LogP contribution is 2.28. The minimum atomic E-state index is -4.10. The minimum Gasteiger partial charge on any atom is -0.473 e. The van der Waals surface area contributed by atoms with Gasteiger partial charge >= 0.3 is 0 Å². The maximum absolute atomic E-state index is 14.5. The number of ether oxygens (including phenoxy) is 1. The van der Waals surface area contributed by atoms with Crippen molar-refractivity contribution in [2.24, 2.45) is 0 Å². The van der Waals surface area contributed by atoms with Crippen LogP contribution in [0.15, 0.2) is 65.7 Å². The second kappa shape index (κ2) is 8.83. The number of amides is 1. The van der Waals surface area contributed by atoms with E-state index in [2.05, 4.69) is 15.0 Å². The van der Waals surface area contributed by atoms with Gasteiger partial charge in [0.25, 0.3) is 0 Å². The van der Waals surface area contributed by atoms with Crippen LogP contribution in [0, 0.1) is 5.82 Å². The number of rotatable bonds is 7. The van der Waals surface area contributed by atoms with Gasteiger partial charge < -0.3 is 10.1 Å². The van der Waals surface area contributed by atoms with Gasteiger partial charge in [0.05, 0.1) is 0 Å². The molecule has 2 N–H and O–H groups in total. The molecule has 2 aromatic carbocycles. The summed E-state index contributed by atoms with van der Waals surface area (Å²) in [6.07, 6.45) is 2.11. The summed E-state index contributed by atoms with van der Waals surface area (Å²) in [7, 11) is -4.10.